The van der Waals surface area contributed by atoms with Crippen molar-refractivity contribution in [3.8, 4) is 0 Å². The number of carboxylic acid groups (broad SMARTS) is 1. The van der Waals surface area contributed by atoms with Crippen molar-refractivity contribution in [2.75, 3.05) is 6.54 Å². The van der Waals surface area contributed by atoms with Gasteiger partial charge in [0.15, 0.2) is 5.69 Å². The van der Waals surface area contributed by atoms with Crippen molar-refractivity contribution >= 4 is 11.9 Å². The molecule has 1 fully saturated rings. The van der Waals surface area contributed by atoms with Gasteiger partial charge in [0.25, 0.3) is 5.91 Å². The lowest BCUT2D eigenvalue weighted by molar-refractivity contribution is -0.137. The quantitative estimate of drug-likeness (QED) is 0.788. The zero-order valence-electron chi connectivity index (χ0n) is 10.7. The molecule has 7 nitrogen and oxygen atoms in total. The zero-order valence-corrected chi connectivity index (χ0v) is 10.7. The van der Waals surface area contributed by atoms with E-state index in [-0.39, 0.29) is 18.1 Å². The predicted molar refractivity (Wildman–Crippen MR) is 66.6 cm³/mol. The van der Waals surface area contributed by atoms with Crippen molar-refractivity contribution < 1.29 is 14.7 Å². The van der Waals surface area contributed by atoms with Gasteiger partial charge >= 0.3 is 5.97 Å². The number of rotatable bonds is 6. The first kappa shape index (κ1) is 13.5. The number of carbonyl (C=O) groups is 2. The molecule has 0 aliphatic heterocycles. The molecule has 1 aromatic heterocycles. The number of carboxylic acids is 1. The van der Waals surface area contributed by atoms with Crippen molar-refractivity contribution in [1.82, 2.24) is 20.3 Å². The number of aliphatic carboxylic acids is 1. The van der Waals surface area contributed by atoms with Crippen LogP contribution in [-0.4, -0.2) is 38.5 Å². The number of carbonyl (C=O) groups excluding carboxylic acids is 1. The maximum atomic E-state index is 11.7. The molecular weight excluding hydrogens is 248 g/mol. The lowest BCUT2D eigenvalue weighted by Gasteiger charge is -2.08. The van der Waals surface area contributed by atoms with E-state index in [2.05, 4.69) is 15.6 Å². The van der Waals surface area contributed by atoms with E-state index >= 15 is 0 Å². The summed E-state index contributed by atoms with van der Waals surface area (Å²) < 4.78 is 1.13. The van der Waals surface area contributed by atoms with E-state index in [1.165, 1.54) is 31.9 Å². The first-order valence-corrected chi connectivity index (χ1v) is 6.55. The van der Waals surface area contributed by atoms with Crippen LogP contribution in [0.4, 0.5) is 0 Å². The highest BCUT2D eigenvalue weighted by Gasteiger charge is 2.16. The van der Waals surface area contributed by atoms with Crippen LogP contribution in [0.15, 0.2) is 6.20 Å². The largest absolute Gasteiger partial charge is 0.480 e. The van der Waals surface area contributed by atoms with Crippen LogP contribution in [-0.2, 0) is 11.3 Å². The molecule has 7 heteroatoms. The van der Waals surface area contributed by atoms with E-state index < -0.39 is 5.97 Å². The monoisotopic (exact) mass is 266 g/mol. The van der Waals surface area contributed by atoms with Crippen molar-refractivity contribution in [3.05, 3.63) is 11.9 Å². The minimum absolute atomic E-state index is 0.160. The molecule has 0 aromatic carbocycles. The van der Waals surface area contributed by atoms with Crippen LogP contribution in [0.1, 0.15) is 42.6 Å². The van der Waals surface area contributed by atoms with E-state index in [1.807, 2.05) is 0 Å². The van der Waals surface area contributed by atoms with Gasteiger partial charge in [0.05, 0.1) is 6.20 Å². The fraction of sp³-hybridized carbons (Fsp3) is 0.667. The maximum Gasteiger partial charge on any atom is 0.325 e. The molecule has 1 amide bonds. The van der Waals surface area contributed by atoms with E-state index in [4.69, 9.17) is 5.11 Å². The molecule has 0 unspecified atom stereocenters. The van der Waals surface area contributed by atoms with Gasteiger partial charge in [-0.1, -0.05) is 30.9 Å². The second kappa shape index (κ2) is 6.31. The highest BCUT2D eigenvalue weighted by atomic mass is 16.4. The normalized spacial score (nSPS) is 15.6. The van der Waals surface area contributed by atoms with Crippen molar-refractivity contribution in [1.29, 1.82) is 0 Å². The van der Waals surface area contributed by atoms with E-state index in [0.29, 0.717) is 6.54 Å². The Kier molecular flexibility index (Phi) is 4.48. The topological polar surface area (TPSA) is 97.1 Å². The van der Waals surface area contributed by atoms with E-state index in [1.54, 1.807) is 0 Å². The third-order valence-electron chi connectivity index (χ3n) is 3.38. The highest BCUT2D eigenvalue weighted by molar-refractivity contribution is 5.91. The molecule has 0 radical (unpaired) electrons. The standard InChI is InChI=1S/C12H18N4O3/c17-11(18)8-16-7-10(14-15-16)12(19)13-6-5-9-3-1-2-4-9/h7,9H,1-6,8H2,(H,13,19)(H,17,18). The van der Waals surface area contributed by atoms with Gasteiger partial charge in [-0.15, -0.1) is 5.10 Å². The molecule has 1 saturated carbocycles. The molecule has 0 saturated heterocycles. The Labute approximate surface area is 111 Å². The smallest absolute Gasteiger partial charge is 0.325 e. The van der Waals surface area contributed by atoms with Crippen molar-refractivity contribution in [3.63, 3.8) is 0 Å². The van der Waals surface area contributed by atoms with Gasteiger partial charge in [-0.25, -0.2) is 4.68 Å². The lowest BCUT2D eigenvalue weighted by Crippen LogP contribution is -2.26. The molecule has 2 N–H and O–H groups in total. The van der Waals surface area contributed by atoms with Crippen molar-refractivity contribution in [2.24, 2.45) is 5.92 Å². The van der Waals surface area contributed by atoms with Gasteiger partial charge in [-0.05, 0) is 12.3 Å². The lowest BCUT2D eigenvalue weighted by atomic mass is 10.0. The van der Waals surface area contributed by atoms with Crippen LogP contribution in [0.2, 0.25) is 0 Å². The third-order valence-corrected chi connectivity index (χ3v) is 3.38. The van der Waals surface area contributed by atoms with Crippen LogP contribution < -0.4 is 5.32 Å². The highest BCUT2D eigenvalue weighted by Crippen LogP contribution is 2.26. The molecule has 0 bridgehead atoms. The van der Waals surface area contributed by atoms with E-state index in [9.17, 15) is 9.59 Å². The number of hydrogen-bond acceptors (Lipinski definition) is 4. The van der Waals surface area contributed by atoms with Crippen LogP contribution in [0.5, 0.6) is 0 Å². The minimum Gasteiger partial charge on any atom is -0.480 e. The Morgan fingerprint density at radius 2 is 2.16 bits per heavy atom. The van der Waals surface area contributed by atoms with Crippen LogP contribution >= 0.6 is 0 Å². The summed E-state index contributed by atoms with van der Waals surface area (Å²) in [5, 5.41) is 18.6. The minimum atomic E-state index is -1.02. The summed E-state index contributed by atoms with van der Waals surface area (Å²) >= 11 is 0. The Balaban J connectivity index is 1.75. The summed E-state index contributed by atoms with van der Waals surface area (Å²) in [7, 11) is 0. The van der Waals surface area contributed by atoms with Gasteiger partial charge in [0.2, 0.25) is 0 Å². The Bertz CT molecular complexity index is 452. The maximum absolute atomic E-state index is 11.7. The summed E-state index contributed by atoms with van der Waals surface area (Å²) in [6, 6.07) is 0. The molecule has 2 rings (SSSR count). The molecule has 0 atom stereocenters. The predicted octanol–water partition coefficient (Wildman–Crippen LogP) is 0.673. The fourth-order valence-corrected chi connectivity index (χ4v) is 2.40. The van der Waals surface area contributed by atoms with Gasteiger partial charge in [0, 0.05) is 6.54 Å². The van der Waals surface area contributed by atoms with E-state index in [0.717, 1.165) is 17.0 Å². The zero-order chi connectivity index (χ0) is 13.7. The SMILES string of the molecule is O=C(O)Cn1cc(C(=O)NCCC2CCCC2)nn1. The molecular formula is C12H18N4O3. The number of nitrogens with zero attached hydrogens (tertiary/aromatic N) is 3. The first-order chi connectivity index (χ1) is 9.15. The summed E-state index contributed by atoms with van der Waals surface area (Å²) in [6.07, 6.45) is 7.44. The van der Waals surface area contributed by atoms with Gasteiger partial charge in [-0.2, -0.15) is 0 Å². The molecule has 1 aliphatic carbocycles. The fourth-order valence-electron chi connectivity index (χ4n) is 2.40. The van der Waals surface area contributed by atoms with Gasteiger partial charge in [0.1, 0.15) is 6.54 Å². The summed E-state index contributed by atoms with van der Waals surface area (Å²) in [6.45, 7) is 0.345. The average molecular weight is 266 g/mol. The molecule has 19 heavy (non-hydrogen) atoms. The molecule has 1 heterocycles. The first-order valence-electron chi connectivity index (χ1n) is 6.55. The number of amides is 1. The number of nitrogens with one attached hydrogen (secondary N) is 1. The van der Waals surface area contributed by atoms with Gasteiger partial charge in [-0.3, -0.25) is 9.59 Å². The van der Waals surface area contributed by atoms with Gasteiger partial charge < -0.3 is 10.4 Å². The van der Waals surface area contributed by atoms with Crippen LogP contribution in [0.3, 0.4) is 0 Å². The second-order valence-electron chi connectivity index (χ2n) is 4.89. The second-order valence-corrected chi connectivity index (χ2v) is 4.89. The summed E-state index contributed by atoms with van der Waals surface area (Å²) in [5.41, 5.74) is 0.160. The van der Waals surface area contributed by atoms with Crippen LogP contribution in [0.25, 0.3) is 0 Å². The summed E-state index contributed by atoms with van der Waals surface area (Å²) in [4.78, 5) is 22.2. The van der Waals surface area contributed by atoms with Crippen molar-refractivity contribution in [2.45, 2.75) is 38.6 Å². The molecule has 1 aromatic rings. The average Bonchev–Trinajstić information content (AvgIpc) is 2.99. The Morgan fingerprint density at radius 1 is 1.42 bits per heavy atom. The summed E-state index contributed by atoms with van der Waals surface area (Å²) in [5.74, 6) is -0.587. The Morgan fingerprint density at radius 3 is 2.84 bits per heavy atom. The Hall–Kier alpha value is -1.92. The molecule has 1 aliphatic rings. The number of hydrogen-bond donors (Lipinski definition) is 2. The molecule has 104 valence electrons. The molecule has 0 spiro atoms. The third kappa shape index (κ3) is 4.04. The number of aromatic nitrogens is 3. The van der Waals surface area contributed by atoms with Crippen LogP contribution in [0, 0.1) is 5.92 Å².